The van der Waals surface area contributed by atoms with Crippen LogP contribution in [-0.2, 0) is 4.79 Å². The summed E-state index contributed by atoms with van der Waals surface area (Å²) in [4.78, 5) is 23.8. The number of hydrogen-bond acceptors (Lipinski definition) is 6. The monoisotopic (exact) mass is 388 g/mol. The van der Waals surface area contributed by atoms with Crippen LogP contribution >= 0.6 is 23.4 Å². The summed E-state index contributed by atoms with van der Waals surface area (Å²) < 4.78 is 1.50. The zero-order valence-corrected chi connectivity index (χ0v) is 14.9. The van der Waals surface area contributed by atoms with Crippen molar-refractivity contribution in [1.82, 2.24) is 31.1 Å². The lowest BCUT2D eigenvalue weighted by molar-refractivity contribution is -0.119. The van der Waals surface area contributed by atoms with Crippen LogP contribution in [0.2, 0.25) is 5.02 Å². The van der Waals surface area contributed by atoms with Crippen molar-refractivity contribution in [2.75, 3.05) is 5.75 Å². The molecule has 2 N–H and O–H groups in total. The van der Waals surface area contributed by atoms with Crippen LogP contribution in [0, 0.1) is 0 Å². The zero-order valence-electron chi connectivity index (χ0n) is 13.3. The Morgan fingerprint density at radius 2 is 1.77 bits per heavy atom. The number of hydrogen-bond donors (Lipinski definition) is 2. The number of hydrazine groups is 1. The minimum atomic E-state index is -0.394. The molecule has 3 rings (SSSR count). The van der Waals surface area contributed by atoms with Gasteiger partial charge in [-0.1, -0.05) is 41.6 Å². The number of carbonyl (C=O) groups is 2. The fourth-order valence-corrected chi connectivity index (χ4v) is 2.78. The zero-order chi connectivity index (χ0) is 18.4. The molecule has 10 heteroatoms. The molecule has 132 valence electrons. The van der Waals surface area contributed by atoms with Crippen LogP contribution in [-0.4, -0.2) is 37.8 Å². The lowest BCUT2D eigenvalue weighted by Crippen LogP contribution is -2.42. The SMILES string of the molecule is O=C(CSc1nnnn1-c1ccc(Cl)cc1)NNC(=O)c1ccccc1. The number of amides is 2. The maximum Gasteiger partial charge on any atom is 0.269 e. The molecular weight excluding hydrogens is 376 g/mol. The van der Waals surface area contributed by atoms with Gasteiger partial charge in [-0.3, -0.25) is 20.4 Å². The van der Waals surface area contributed by atoms with Gasteiger partial charge in [-0.05, 0) is 46.8 Å². The highest BCUT2D eigenvalue weighted by Gasteiger charge is 2.12. The van der Waals surface area contributed by atoms with Gasteiger partial charge in [-0.2, -0.15) is 4.68 Å². The first-order valence-corrected chi connectivity index (χ1v) is 8.81. The number of nitrogens with one attached hydrogen (secondary N) is 2. The number of carbonyl (C=O) groups excluding carboxylic acids is 2. The van der Waals surface area contributed by atoms with E-state index >= 15 is 0 Å². The van der Waals surface area contributed by atoms with E-state index in [4.69, 9.17) is 11.6 Å². The number of aromatic nitrogens is 4. The molecular formula is C16H13ClN6O2S. The Morgan fingerprint density at radius 1 is 1.04 bits per heavy atom. The fourth-order valence-electron chi connectivity index (χ4n) is 1.97. The average Bonchev–Trinajstić information content (AvgIpc) is 3.14. The molecule has 0 saturated carbocycles. The number of nitrogens with zero attached hydrogens (tertiary/aromatic N) is 4. The summed E-state index contributed by atoms with van der Waals surface area (Å²) in [5.74, 6) is -0.747. The highest BCUT2D eigenvalue weighted by Crippen LogP contribution is 2.19. The van der Waals surface area contributed by atoms with Gasteiger partial charge in [0.2, 0.25) is 11.1 Å². The summed E-state index contributed by atoms with van der Waals surface area (Å²) in [6, 6.07) is 15.6. The molecule has 0 aliphatic carbocycles. The summed E-state index contributed by atoms with van der Waals surface area (Å²) in [7, 11) is 0. The van der Waals surface area contributed by atoms with Gasteiger partial charge in [-0.25, -0.2) is 0 Å². The maximum atomic E-state index is 11.9. The second-order valence-corrected chi connectivity index (χ2v) is 6.39. The van der Waals surface area contributed by atoms with E-state index in [1.54, 1.807) is 54.6 Å². The summed E-state index contributed by atoms with van der Waals surface area (Å²) in [5, 5.41) is 12.5. The largest absolute Gasteiger partial charge is 0.272 e. The molecule has 0 atom stereocenters. The first kappa shape index (κ1) is 17.9. The molecule has 1 aromatic heterocycles. The van der Waals surface area contributed by atoms with Crippen LogP contribution in [0.4, 0.5) is 0 Å². The van der Waals surface area contributed by atoms with Gasteiger partial charge in [0.1, 0.15) is 0 Å². The fraction of sp³-hybridized carbons (Fsp3) is 0.0625. The van der Waals surface area contributed by atoms with Gasteiger partial charge in [0, 0.05) is 10.6 Å². The highest BCUT2D eigenvalue weighted by atomic mass is 35.5. The number of benzene rings is 2. The maximum absolute atomic E-state index is 11.9. The molecule has 0 radical (unpaired) electrons. The Bertz CT molecular complexity index is 901. The van der Waals surface area contributed by atoms with E-state index in [1.807, 2.05) is 0 Å². The van der Waals surface area contributed by atoms with E-state index in [2.05, 4.69) is 26.4 Å². The van der Waals surface area contributed by atoms with Gasteiger partial charge >= 0.3 is 0 Å². The summed E-state index contributed by atoms with van der Waals surface area (Å²) >= 11 is 7.01. The molecule has 0 aliphatic rings. The minimum Gasteiger partial charge on any atom is -0.272 e. The predicted octanol–water partition coefficient (Wildman–Crippen LogP) is 1.87. The van der Waals surface area contributed by atoms with Gasteiger partial charge < -0.3 is 0 Å². The summed E-state index contributed by atoms with van der Waals surface area (Å²) in [6.07, 6.45) is 0. The molecule has 1 heterocycles. The number of halogens is 1. The van der Waals surface area contributed by atoms with Crippen molar-refractivity contribution in [2.45, 2.75) is 5.16 Å². The van der Waals surface area contributed by atoms with Crippen molar-refractivity contribution in [2.24, 2.45) is 0 Å². The van der Waals surface area contributed by atoms with Crippen molar-refractivity contribution in [3.05, 3.63) is 65.2 Å². The Balaban J connectivity index is 1.53. The molecule has 2 aromatic carbocycles. The molecule has 2 amide bonds. The van der Waals surface area contributed by atoms with E-state index in [0.717, 1.165) is 17.4 Å². The topological polar surface area (TPSA) is 102 Å². The highest BCUT2D eigenvalue weighted by molar-refractivity contribution is 7.99. The summed E-state index contributed by atoms with van der Waals surface area (Å²) in [5.41, 5.74) is 5.88. The molecule has 8 nitrogen and oxygen atoms in total. The smallest absolute Gasteiger partial charge is 0.269 e. The molecule has 0 fully saturated rings. The van der Waals surface area contributed by atoms with E-state index in [9.17, 15) is 9.59 Å². The third kappa shape index (κ3) is 4.58. The van der Waals surface area contributed by atoms with Crippen molar-refractivity contribution < 1.29 is 9.59 Å². The number of tetrazole rings is 1. The summed E-state index contributed by atoms with van der Waals surface area (Å²) in [6.45, 7) is 0. The second kappa shape index (κ2) is 8.45. The van der Waals surface area contributed by atoms with Crippen molar-refractivity contribution in [1.29, 1.82) is 0 Å². The van der Waals surface area contributed by atoms with Gasteiger partial charge in [0.15, 0.2) is 0 Å². The van der Waals surface area contributed by atoms with E-state index in [1.165, 1.54) is 4.68 Å². The first-order valence-electron chi connectivity index (χ1n) is 7.45. The molecule has 0 bridgehead atoms. The Labute approximate surface area is 157 Å². The van der Waals surface area contributed by atoms with Crippen LogP contribution < -0.4 is 10.9 Å². The molecule has 3 aromatic rings. The third-order valence-corrected chi connectivity index (χ3v) is 4.37. The normalized spacial score (nSPS) is 10.3. The van der Waals surface area contributed by atoms with Gasteiger partial charge in [-0.15, -0.1) is 5.10 Å². The number of thioether (sulfide) groups is 1. The van der Waals surface area contributed by atoms with E-state index < -0.39 is 5.91 Å². The van der Waals surface area contributed by atoms with Crippen LogP contribution in [0.5, 0.6) is 0 Å². The van der Waals surface area contributed by atoms with Crippen molar-refractivity contribution >= 4 is 35.2 Å². The predicted molar refractivity (Wildman–Crippen MR) is 96.9 cm³/mol. The quantitative estimate of drug-likeness (QED) is 0.511. The van der Waals surface area contributed by atoms with Crippen molar-refractivity contribution in [3.8, 4) is 5.69 Å². The minimum absolute atomic E-state index is 0.0308. The second-order valence-electron chi connectivity index (χ2n) is 5.01. The average molecular weight is 389 g/mol. The van der Waals surface area contributed by atoms with Gasteiger partial charge in [0.05, 0.1) is 11.4 Å². The van der Waals surface area contributed by atoms with Crippen LogP contribution in [0.1, 0.15) is 10.4 Å². The Kier molecular flexibility index (Phi) is 5.82. The molecule has 0 unspecified atom stereocenters. The Hall–Kier alpha value is -2.91. The van der Waals surface area contributed by atoms with Crippen LogP contribution in [0.3, 0.4) is 0 Å². The third-order valence-electron chi connectivity index (χ3n) is 3.20. The molecule has 0 saturated heterocycles. The van der Waals surface area contributed by atoms with Gasteiger partial charge in [0.25, 0.3) is 5.91 Å². The Morgan fingerprint density at radius 3 is 2.50 bits per heavy atom. The molecule has 26 heavy (non-hydrogen) atoms. The standard InChI is InChI=1S/C16H13ClN6O2S/c17-12-6-8-13(9-7-12)23-16(20-21-22-23)26-10-14(24)18-19-15(25)11-4-2-1-3-5-11/h1-9H,10H2,(H,18,24)(H,19,25). The molecule has 0 spiro atoms. The van der Waals surface area contributed by atoms with E-state index in [-0.39, 0.29) is 11.7 Å². The lowest BCUT2D eigenvalue weighted by atomic mass is 10.2. The van der Waals surface area contributed by atoms with Crippen LogP contribution in [0.25, 0.3) is 5.69 Å². The molecule has 0 aliphatic heterocycles. The van der Waals surface area contributed by atoms with Crippen molar-refractivity contribution in [3.63, 3.8) is 0 Å². The van der Waals surface area contributed by atoms with E-state index in [0.29, 0.717) is 15.7 Å². The lowest BCUT2D eigenvalue weighted by Gasteiger charge is -2.07. The first-order chi connectivity index (χ1) is 12.6. The number of rotatable bonds is 5. The van der Waals surface area contributed by atoms with Crippen LogP contribution in [0.15, 0.2) is 59.8 Å².